The van der Waals surface area contributed by atoms with Crippen LogP contribution in [0.15, 0.2) is 29.2 Å². The third-order valence-corrected chi connectivity index (χ3v) is 7.02. The van der Waals surface area contributed by atoms with Gasteiger partial charge in [-0.15, -0.1) is 11.8 Å². The van der Waals surface area contributed by atoms with Gasteiger partial charge in [-0.05, 0) is 62.5 Å². The van der Waals surface area contributed by atoms with Crippen molar-refractivity contribution in [3.05, 3.63) is 35.7 Å². The average Bonchev–Trinajstić information content (AvgIpc) is 3.73. The molecule has 2 heterocycles. The van der Waals surface area contributed by atoms with Crippen LogP contribution < -0.4 is 10.6 Å². The lowest BCUT2D eigenvalue weighted by Crippen LogP contribution is -2.01. The molecular formula is C31H51N5OS. The van der Waals surface area contributed by atoms with Gasteiger partial charge in [0, 0.05) is 23.9 Å². The number of pyridine rings is 1. The fraction of sp³-hybridized carbons (Fsp3) is 0.581. The molecule has 38 heavy (non-hydrogen) atoms. The molecule has 4 rings (SSSR count). The average molecular weight is 542 g/mol. The van der Waals surface area contributed by atoms with Crippen LogP contribution in [0.2, 0.25) is 0 Å². The monoisotopic (exact) mass is 541 g/mol. The molecule has 3 N–H and O–H groups in total. The normalized spacial score (nSPS) is 12.7. The van der Waals surface area contributed by atoms with Gasteiger partial charge < -0.3 is 20.4 Å². The number of carbonyl (C=O) groups excluding carboxylic acids is 1. The molecule has 2 aromatic heterocycles. The molecule has 0 saturated heterocycles. The highest BCUT2D eigenvalue weighted by Crippen LogP contribution is 2.35. The molecule has 1 atom stereocenters. The second kappa shape index (κ2) is 18.7. The van der Waals surface area contributed by atoms with Crippen molar-refractivity contribution in [1.29, 1.82) is 0 Å². The second-order valence-electron chi connectivity index (χ2n) is 9.28. The summed E-state index contributed by atoms with van der Waals surface area (Å²) in [6.07, 6.45) is 11.7. The summed E-state index contributed by atoms with van der Waals surface area (Å²) < 4.78 is 0. The number of nitrogens with one attached hydrogen (secondary N) is 3. The number of aromatic amines is 1. The summed E-state index contributed by atoms with van der Waals surface area (Å²) in [5.74, 6) is 2.75. The van der Waals surface area contributed by atoms with Crippen LogP contribution in [0.4, 0.5) is 17.2 Å². The van der Waals surface area contributed by atoms with Gasteiger partial charge in [-0.2, -0.15) is 0 Å². The molecule has 1 aromatic carbocycles. The maximum absolute atomic E-state index is 9.57. The Morgan fingerprint density at radius 3 is 2.21 bits per heavy atom. The second-order valence-corrected chi connectivity index (χ2v) is 10.1. The van der Waals surface area contributed by atoms with Gasteiger partial charge in [0.15, 0.2) is 5.65 Å². The third kappa shape index (κ3) is 10.7. The molecule has 7 heteroatoms. The number of nitrogens with zero attached hydrogens (tertiary/aromatic N) is 2. The van der Waals surface area contributed by atoms with Crippen molar-refractivity contribution in [1.82, 2.24) is 15.0 Å². The highest BCUT2D eigenvalue weighted by atomic mass is 32.2. The topological polar surface area (TPSA) is 82.7 Å². The Hall–Kier alpha value is -2.54. The van der Waals surface area contributed by atoms with Crippen molar-refractivity contribution in [3.63, 3.8) is 0 Å². The standard InChI is InChI=1S/C21H29N5S.C4H6O.C4H10.C2H6/c1-6-8-14(7-2)15-9-10-16(18(11-15)27-5)25-17-12-19(22-4)26-21-20(17)23-13(3)24-21;5-3-4-1-2-4;1-3-4-2;1-2/h9-12,14H,6-8H2,1-5H3,(H3,22,23,24,25,26);3-4H,1-2H2;3-4H2,1-2H3;1-2H3. The maximum atomic E-state index is 9.57. The minimum atomic E-state index is 0.454. The zero-order valence-electron chi connectivity index (χ0n) is 25.2. The van der Waals surface area contributed by atoms with Crippen molar-refractivity contribution in [2.24, 2.45) is 5.92 Å². The van der Waals surface area contributed by atoms with Crippen LogP contribution in [0, 0.1) is 12.8 Å². The van der Waals surface area contributed by atoms with Crippen molar-refractivity contribution in [3.8, 4) is 0 Å². The van der Waals surface area contributed by atoms with E-state index in [1.165, 1.54) is 42.6 Å². The first-order chi connectivity index (χ1) is 18.4. The van der Waals surface area contributed by atoms with E-state index in [1.54, 1.807) is 11.8 Å². The van der Waals surface area contributed by atoms with E-state index in [9.17, 15) is 4.79 Å². The van der Waals surface area contributed by atoms with Crippen LogP contribution >= 0.6 is 11.8 Å². The summed E-state index contributed by atoms with van der Waals surface area (Å²) in [5.41, 5.74) is 5.17. The van der Waals surface area contributed by atoms with E-state index in [0.717, 1.165) is 53.3 Å². The van der Waals surface area contributed by atoms with Crippen LogP contribution in [-0.2, 0) is 4.79 Å². The number of rotatable bonds is 10. The van der Waals surface area contributed by atoms with Gasteiger partial charge in [-0.25, -0.2) is 9.97 Å². The number of anilines is 3. The van der Waals surface area contributed by atoms with Gasteiger partial charge in [0.25, 0.3) is 0 Å². The van der Waals surface area contributed by atoms with Crippen LogP contribution in [-0.4, -0.2) is 34.5 Å². The Bertz CT molecular complexity index is 1080. The smallest absolute Gasteiger partial charge is 0.181 e. The summed E-state index contributed by atoms with van der Waals surface area (Å²) in [4.78, 5) is 23.2. The number of fused-ring (bicyclic) bond motifs is 1. The molecule has 6 nitrogen and oxygen atoms in total. The van der Waals surface area contributed by atoms with E-state index in [4.69, 9.17) is 0 Å². The van der Waals surface area contributed by atoms with E-state index >= 15 is 0 Å². The van der Waals surface area contributed by atoms with E-state index in [0.29, 0.717) is 11.8 Å². The van der Waals surface area contributed by atoms with Crippen LogP contribution in [0.3, 0.4) is 0 Å². The number of unbranched alkanes of at least 4 members (excludes halogenated alkanes) is 1. The summed E-state index contributed by atoms with van der Waals surface area (Å²) in [7, 11) is 1.87. The first-order valence-electron chi connectivity index (χ1n) is 14.4. The van der Waals surface area contributed by atoms with Crippen molar-refractivity contribution >= 4 is 46.4 Å². The Morgan fingerprint density at radius 2 is 1.74 bits per heavy atom. The molecule has 212 valence electrons. The van der Waals surface area contributed by atoms with Gasteiger partial charge in [0.1, 0.15) is 23.4 Å². The first-order valence-corrected chi connectivity index (χ1v) is 15.6. The first kappa shape index (κ1) is 33.5. The predicted molar refractivity (Wildman–Crippen MR) is 168 cm³/mol. The lowest BCUT2D eigenvalue weighted by atomic mass is 9.92. The van der Waals surface area contributed by atoms with Crippen LogP contribution in [0.5, 0.6) is 0 Å². The minimum Gasteiger partial charge on any atom is -0.373 e. The fourth-order valence-electron chi connectivity index (χ4n) is 3.73. The number of hydrogen-bond acceptors (Lipinski definition) is 6. The molecule has 1 aliphatic carbocycles. The number of aldehydes is 1. The summed E-state index contributed by atoms with van der Waals surface area (Å²) in [5, 5.41) is 6.72. The molecule has 3 aromatic rings. The molecule has 0 radical (unpaired) electrons. The third-order valence-electron chi connectivity index (χ3n) is 6.25. The molecule has 0 amide bonds. The summed E-state index contributed by atoms with van der Waals surface area (Å²) >= 11 is 1.78. The minimum absolute atomic E-state index is 0.454. The van der Waals surface area contributed by atoms with E-state index in [1.807, 2.05) is 33.9 Å². The van der Waals surface area contributed by atoms with Crippen LogP contribution in [0.25, 0.3) is 11.2 Å². The Labute approximate surface area is 235 Å². The SMILES string of the molecule is CC.CCCC.CCCC(CC)c1ccc(Nc2cc(NC)nc3nc(C)[nH]c23)c(SC)c1.O=CC1CC1. The van der Waals surface area contributed by atoms with Crippen molar-refractivity contribution in [2.75, 3.05) is 23.9 Å². The molecule has 1 aliphatic rings. The zero-order chi connectivity index (χ0) is 28.5. The Kier molecular flexibility index (Phi) is 16.5. The lowest BCUT2D eigenvalue weighted by molar-refractivity contribution is -0.108. The Morgan fingerprint density at radius 1 is 1.05 bits per heavy atom. The Balaban J connectivity index is 0.000000552. The molecule has 0 aliphatic heterocycles. The molecule has 0 spiro atoms. The number of thioether (sulfide) groups is 1. The fourth-order valence-corrected chi connectivity index (χ4v) is 4.32. The number of aryl methyl sites for hydroxylation is 1. The van der Waals surface area contributed by atoms with E-state index in [-0.39, 0.29) is 0 Å². The molecule has 0 bridgehead atoms. The molecule has 1 fully saturated rings. The quantitative estimate of drug-likeness (QED) is 0.175. The number of H-pyrrole nitrogens is 1. The van der Waals surface area contributed by atoms with Gasteiger partial charge in [0.05, 0.1) is 11.4 Å². The number of carbonyl (C=O) groups is 1. The number of benzene rings is 1. The van der Waals surface area contributed by atoms with Crippen molar-refractivity contribution in [2.45, 2.75) is 104 Å². The van der Waals surface area contributed by atoms with E-state index < -0.39 is 0 Å². The van der Waals surface area contributed by atoms with Gasteiger partial charge >= 0.3 is 0 Å². The van der Waals surface area contributed by atoms with Crippen molar-refractivity contribution < 1.29 is 4.79 Å². The summed E-state index contributed by atoms with van der Waals surface area (Å²) in [6.45, 7) is 14.8. The highest BCUT2D eigenvalue weighted by Gasteiger charge is 2.19. The van der Waals surface area contributed by atoms with Gasteiger partial charge in [-0.3, -0.25) is 0 Å². The largest absolute Gasteiger partial charge is 0.373 e. The maximum Gasteiger partial charge on any atom is 0.181 e. The van der Waals surface area contributed by atoms with E-state index in [2.05, 4.69) is 77.7 Å². The summed E-state index contributed by atoms with van der Waals surface area (Å²) in [6, 6.07) is 8.83. The van der Waals surface area contributed by atoms with Crippen LogP contribution in [0.1, 0.15) is 104 Å². The van der Waals surface area contributed by atoms with Gasteiger partial charge in [0.2, 0.25) is 0 Å². The molecule has 1 unspecified atom stereocenters. The highest BCUT2D eigenvalue weighted by molar-refractivity contribution is 7.98. The number of imidazole rings is 1. The zero-order valence-corrected chi connectivity index (χ0v) is 26.0. The predicted octanol–water partition coefficient (Wildman–Crippen LogP) is 9.50. The van der Waals surface area contributed by atoms with Gasteiger partial charge in [-0.1, -0.05) is 66.9 Å². The number of aromatic nitrogens is 3. The molecular weight excluding hydrogens is 490 g/mol. The lowest BCUT2D eigenvalue weighted by Gasteiger charge is -2.18. The number of hydrogen-bond donors (Lipinski definition) is 3. The molecule has 1 saturated carbocycles.